The van der Waals surface area contributed by atoms with Crippen LogP contribution in [0.25, 0.3) is 10.9 Å². The van der Waals surface area contributed by atoms with E-state index >= 15 is 0 Å². The van der Waals surface area contributed by atoms with Crippen LogP contribution < -0.4 is 11.1 Å². The second kappa shape index (κ2) is 6.18. The molecule has 5 heteroatoms. The number of fused-ring (bicyclic) bond motifs is 1. The molecule has 0 spiro atoms. The van der Waals surface area contributed by atoms with E-state index in [4.69, 9.17) is 15.6 Å². The van der Waals surface area contributed by atoms with Gasteiger partial charge in [0, 0.05) is 23.8 Å². The lowest BCUT2D eigenvalue weighted by molar-refractivity contribution is 0.0992. The number of para-hydroxylation sites is 1. The summed E-state index contributed by atoms with van der Waals surface area (Å²) in [4.78, 5) is 4.27. The number of rotatable bonds is 6. The number of nitrogens with zero attached hydrogens (tertiary/aromatic N) is 1. The molecule has 2 aromatic rings. The van der Waals surface area contributed by atoms with Gasteiger partial charge in [-0.05, 0) is 12.1 Å². The molecule has 1 heterocycles. The average Bonchev–Trinajstić information content (AvgIpc) is 2.39. The van der Waals surface area contributed by atoms with Crippen molar-refractivity contribution in [3.8, 4) is 0 Å². The molecule has 4 N–H and O–H groups in total. The standard InChI is InChI=1S/C13H17N3O2/c14-11-3-1-2-10-12(4-5-16-13(10)11)15-6-8-18-9-7-17/h1-5,17H,6-9,14H2,(H,15,16). The van der Waals surface area contributed by atoms with E-state index in [2.05, 4.69) is 10.3 Å². The number of nitrogens with one attached hydrogen (secondary N) is 1. The van der Waals surface area contributed by atoms with E-state index in [9.17, 15) is 0 Å². The van der Waals surface area contributed by atoms with E-state index in [-0.39, 0.29) is 6.61 Å². The van der Waals surface area contributed by atoms with E-state index in [0.29, 0.717) is 25.4 Å². The molecule has 1 aromatic carbocycles. The van der Waals surface area contributed by atoms with Gasteiger partial charge in [0.05, 0.1) is 31.0 Å². The van der Waals surface area contributed by atoms with E-state index in [0.717, 1.165) is 16.6 Å². The van der Waals surface area contributed by atoms with Gasteiger partial charge in [-0.3, -0.25) is 4.98 Å². The highest BCUT2D eigenvalue weighted by Gasteiger charge is 2.03. The predicted octanol–water partition coefficient (Wildman–Crippen LogP) is 1.24. The number of pyridine rings is 1. The van der Waals surface area contributed by atoms with Crippen LogP contribution >= 0.6 is 0 Å². The SMILES string of the molecule is Nc1cccc2c(NCCOCCO)ccnc12. The number of nitrogens with two attached hydrogens (primary N) is 1. The Bertz CT molecular complexity index is 517. The van der Waals surface area contributed by atoms with Crippen molar-refractivity contribution in [3.05, 3.63) is 30.5 Å². The molecule has 0 aliphatic heterocycles. The lowest BCUT2D eigenvalue weighted by atomic mass is 10.1. The molecule has 0 amide bonds. The predicted molar refractivity (Wildman–Crippen MR) is 72.5 cm³/mol. The van der Waals surface area contributed by atoms with Crippen molar-refractivity contribution in [2.24, 2.45) is 0 Å². The first-order valence-corrected chi connectivity index (χ1v) is 5.88. The Hall–Kier alpha value is -1.85. The minimum absolute atomic E-state index is 0.0503. The van der Waals surface area contributed by atoms with Crippen LogP contribution in [0.3, 0.4) is 0 Å². The summed E-state index contributed by atoms with van der Waals surface area (Å²) < 4.78 is 5.19. The minimum Gasteiger partial charge on any atom is -0.397 e. The van der Waals surface area contributed by atoms with Crippen molar-refractivity contribution in [2.75, 3.05) is 37.4 Å². The van der Waals surface area contributed by atoms with Gasteiger partial charge in [-0.25, -0.2) is 0 Å². The normalized spacial score (nSPS) is 10.7. The zero-order valence-corrected chi connectivity index (χ0v) is 10.1. The van der Waals surface area contributed by atoms with Gasteiger partial charge in [-0.1, -0.05) is 12.1 Å². The summed E-state index contributed by atoms with van der Waals surface area (Å²) in [6, 6.07) is 7.64. The number of nitrogen functional groups attached to an aromatic ring is 1. The molecule has 1 aromatic heterocycles. The van der Waals surface area contributed by atoms with Crippen LogP contribution in [0.4, 0.5) is 11.4 Å². The number of benzene rings is 1. The Morgan fingerprint density at radius 3 is 3.00 bits per heavy atom. The van der Waals surface area contributed by atoms with Gasteiger partial charge in [0.2, 0.25) is 0 Å². The number of aromatic nitrogens is 1. The van der Waals surface area contributed by atoms with Gasteiger partial charge >= 0.3 is 0 Å². The summed E-state index contributed by atoms with van der Waals surface area (Å²) in [5.74, 6) is 0. The van der Waals surface area contributed by atoms with Gasteiger partial charge in [-0.15, -0.1) is 0 Å². The Kier molecular flexibility index (Phi) is 4.33. The summed E-state index contributed by atoms with van der Waals surface area (Å²) in [5.41, 5.74) is 8.34. The Morgan fingerprint density at radius 1 is 1.28 bits per heavy atom. The molecular formula is C13H17N3O2. The van der Waals surface area contributed by atoms with Gasteiger partial charge in [0.15, 0.2) is 0 Å². The molecule has 0 fully saturated rings. The monoisotopic (exact) mass is 247 g/mol. The topological polar surface area (TPSA) is 80.4 Å². The van der Waals surface area contributed by atoms with E-state index in [1.54, 1.807) is 6.20 Å². The Labute approximate surface area is 106 Å². The highest BCUT2D eigenvalue weighted by atomic mass is 16.5. The number of aliphatic hydroxyl groups excluding tert-OH is 1. The number of anilines is 2. The smallest absolute Gasteiger partial charge is 0.0951 e. The molecule has 5 nitrogen and oxygen atoms in total. The maximum atomic E-state index is 8.59. The van der Waals surface area contributed by atoms with Crippen LogP contribution in [0.2, 0.25) is 0 Å². The van der Waals surface area contributed by atoms with Crippen molar-refractivity contribution in [3.63, 3.8) is 0 Å². The maximum Gasteiger partial charge on any atom is 0.0951 e. The van der Waals surface area contributed by atoms with Crippen molar-refractivity contribution in [1.82, 2.24) is 4.98 Å². The van der Waals surface area contributed by atoms with Crippen LogP contribution in [0.5, 0.6) is 0 Å². The molecule has 0 unspecified atom stereocenters. The van der Waals surface area contributed by atoms with Crippen molar-refractivity contribution >= 4 is 22.3 Å². The third-order valence-corrected chi connectivity index (χ3v) is 2.60. The molecule has 0 saturated carbocycles. The highest BCUT2D eigenvalue weighted by Crippen LogP contribution is 2.25. The van der Waals surface area contributed by atoms with Gasteiger partial charge in [0.1, 0.15) is 0 Å². The molecular weight excluding hydrogens is 230 g/mol. The Balaban J connectivity index is 2.07. The second-order valence-electron chi connectivity index (χ2n) is 3.86. The van der Waals surface area contributed by atoms with Crippen LogP contribution in [0.15, 0.2) is 30.5 Å². The molecule has 0 aliphatic carbocycles. The van der Waals surface area contributed by atoms with Crippen molar-refractivity contribution < 1.29 is 9.84 Å². The van der Waals surface area contributed by atoms with Gasteiger partial charge in [-0.2, -0.15) is 0 Å². The first kappa shape index (κ1) is 12.6. The number of hydrogen-bond donors (Lipinski definition) is 3. The first-order valence-electron chi connectivity index (χ1n) is 5.88. The fraction of sp³-hybridized carbons (Fsp3) is 0.308. The first-order chi connectivity index (χ1) is 8.83. The highest BCUT2D eigenvalue weighted by molar-refractivity contribution is 5.97. The van der Waals surface area contributed by atoms with Crippen LogP contribution in [0, 0.1) is 0 Å². The summed E-state index contributed by atoms with van der Waals surface area (Å²) >= 11 is 0. The van der Waals surface area contributed by atoms with E-state index < -0.39 is 0 Å². The maximum absolute atomic E-state index is 8.59. The summed E-state index contributed by atoms with van der Waals surface area (Å²) in [7, 11) is 0. The molecule has 0 saturated heterocycles. The fourth-order valence-electron chi connectivity index (χ4n) is 1.78. The second-order valence-corrected chi connectivity index (χ2v) is 3.86. The third-order valence-electron chi connectivity index (χ3n) is 2.60. The third kappa shape index (κ3) is 2.88. The summed E-state index contributed by atoms with van der Waals surface area (Å²) in [6.45, 7) is 1.64. The quantitative estimate of drug-likeness (QED) is 0.528. The number of aliphatic hydroxyl groups is 1. The van der Waals surface area contributed by atoms with Gasteiger partial charge in [0.25, 0.3) is 0 Å². The molecule has 0 aliphatic rings. The molecule has 0 radical (unpaired) electrons. The molecule has 0 atom stereocenters. The van der Waals surface area contributed by atoms with Gasteiger partial charge < -0.3 is 20.9 Å². The van der Waals surface area contributed by atoms with Crippen LogP contribution in [-0.2, 0) is 4.74 Å². The lowest BCUT2D eigenvalue weighted by Crippen LogP contribution is -2.11. The largest absolute Gasteiger partial charge is 0.397 e. The molecule has 18 heavy (non-hydrogen) atoms. The number of hydrogen-bond acceptors (Lipinski definition) is 5. The molecule has 0 bridgehead atoms. The van der Waals surface area contributed by atoms with Crippen molar-refractivity contribution in [1.29, 1.82) is 0 Å². The minimum atomic E-state index is 0.0503. The summed E-state index contributed by atoms with van der Waals surface area (Å²) in [6.07, 6.45) is 1.73. The number of ether oxygens (including phenoxy) is 1. The lowest BCUT2D eigenvalue weighted by Gasteiger charge is -2.10. The van der Waals surface area contributed by atoms with Crippen LogP contribution in [0.1, 0.15) is 0 Å². The molecule has 96 valence electrons. The zero-order valence-electron chi connectivity index (χ0n) is 10.1. The van der Waals surface area contributed by atoms with Crippen LogP contribution in [-0.4, -0.2) is 36.5 Å². The summed E-state index contributed by atoms with van der Waals surface area (Å²) in [5, 5.41) is 12.9. The fourth-order valence-corrected chi connectivity index (χ4v) is 1.78. The Morgan fingerprint density at radius 2 is 2.17 bits per heavy atom. The van der Waals surface area contributed by atoms with E-state index in [1.165, 1.54) is 0 Å². The zero-order chi connectivity index (χ0) is 12.8. The van der Waals surface area contributed by atoms with E-state index in [1.807, 2.05) is 24.3 Å². The molecule has 2 rings (SSSR count). The van der Waals surface area contributed by atoms with Crippen molar-refractivity contribution in [2.45, 2.75) is 0 Å². The average molecular weight is 247 g/mol.